The summed E-state index contributed by atoms with van der Waals surface area (Å²) < 4.78 is 34.9. The number of anilines is 1. The van der Waals surface area contributed by atoms with Gasteiger partial charge < -0.3 is 20.1 Å². The van der Waals surface area contributed by atoms with Gasteiger partial charge in [0.05, 0.1) is 19.3 Å². The number of rotatable bonds is 7. The van der Waals surface area contributed by atoms with Crippen LogP contribution in [0, 0.1) is 6.92 Å². The van der Waals surface area contributed by atoms with Crippen LogP contribution in [0.4, 0.5) is 19.3 Å². The summed E-state index contributed by atoms with van der Waals surface area (Å²) in [6, 6.07) is 5.85. The molecular formula is C18H21F2N3O3. The lowest BCUT2D eigenvalue weighted by molar-refractivity contribution is 0.0816. The summed E-state index contributed by atoms with van der Waals surface area (Å²) in [4.78, 5) is 16.2. The molecule has 0 aliphatic carbocycles. The van der Waals surface area contributed by atoms with Crippen molar-refractivity contribution in [1.82, 2.24) is 10.3 Å². The number of hydrogen-bond acceptors (Lipinski definition) is 4. The maximum absolute atomic E-state index is 12.3. The van der Waals surface area contributed by atoms with Gasteiger partial charge in [0.15, 0.2) is 0 Å². The van der Waals surface area contributed by atoms with Crippen LogP contribution in [-0.4, -0.2) is 31.2 Å². The fraction of sp³-hybridized carbons (Fsp3) is 0.333. The molecule has 6 nitrogen and oxygen atoms in total. The lowest BCUT2D eigenvalue weighted by Crippen LogP contribution is -2.31. The van der Waals surface area contributed by atoms with Gasteiger partial charge >= 0.3 is 6.03 Å². The van der Waals surface area contributed by atoms with Crippen LogP contribution in [-0.2, 0) is 0 Å². The predicted molar refractivity (Wildman–Crippen MR) is 94.0 cm³/mol. The monoisotopic (exact) mass is 365 g/mol. The summed E-state index contributed by atoms with van der Waals surface area (Å²) >= 11 is 0. The van der Waals surface area contributed by atoms with E-state index in [0.29, 0.717) is 22.7 Å². The zero-order valence-corrected chi connectivity index (χ0v) is 14.8. The Hall–Kier alpha value is -2.90. The Kier molecular flexibility index (Phi) is 6.71. The average molecular weight is 365 g/mol. The first kappa shape index (κ1) is 19.4. The minimum atomic E-state index is -2.56. The SMILES string of the molecule is COc1cnccc1[C@@H](C)NC(=O)Nc1ccc(C)c(OCC(F)F)c1. The number of alkyl halides is 2. The van der Waals surface area contributed by atoms with Gasteiger partial charge in [0.1, 0.15) is 18.1 Å². The van der Waals surface area contributed by atoms with Crippen LogP contribution >= 0.6 is 0 Å². The third-order valence-electron chi connectivity index (χ3n) is 3.66. The number of methoxy groups -OCH3 is 1. The molecule has 26 heavy (non-hydrogen) atoms. The van der Waals surface area contributed by atoms with Gasteiger partial charge in [0, 0.05) is 23.5 Å². The van der Waals surface area contributed by atoms with Gasteiger partial charge in [-0.2, -0.15) is 0 Å². The number of halogens is 2. The first-order chi connectivity index (χ1) is 12.4. The topological polar surface area (TPSA) is 72.5 Å². The van der Waals surface area contributed by atoms with Crippen LogP contribution in [0.3, 0.4) is 0 Å². The second-order valence-corrected chi connectivity index (χ2v) is 5.62. The van der Waals surface area contributed by atoms with E-state index in [4.69, 9.17) is 9.47 Å². The summed E-state index contributed by atoms with van der Waals surface area (Å²) in [6.07, 6.45) is 0.615. The highest BCUT2D eigenvalue weighted by atomic mass is 19.3. The summed E-state index contributed by atoms with van der Waals surface area (Å²) in [6.45, 7) is 2.85. The Morgan fingerprint density at radius 3 is 2.73 bits per heavy atom. The van der Waals surface area contributed by atoms with Gasteiger partial charge in [0.25, 0.3) is 6.43 Å². The number of nitrogens with zero attached hydrogens (tertiary/aromatic N) is 1. The van der Waals surface area contributed by atoms with Crippen molar-refractivity contribution in [1.29, 1.82) is 0 Å². The summed E-state index contributed by atoms with van der Waals surface area (Å²) in [5.74, 6) is 0.866. The molecule has 0 saturated carbocycles. The molecule has 8 heteroatoms. The van der Waals surface area contributed by atoms with E-state index in [1.54, 1.807) is 37.5 Å². The molecule has 1 aromatic heterocycles. The summed E-state index contributed by atoms with van der Waals surface area (Å²) in [7, 11) is 1.53. The number of hydrogen-bond donors (Lipinski definition) is 2. The third-order valence-corrected chi connectivity index (χ3v) is 3.66. The molecule has 0 aliphatic rings. The van der Waals surface area contributed by atoms with E-state index in [9.17, 15) is 13.6 Å². The highest BCUT2D eigenvalue weighted by Crippen LogP contribution is 2.25. The predicted octanol–water partition coefficient (Wildman–Crippen LogP) is 3.93. The molecule has 2 aromatic rings. The van der Waals surface area contributed by atoms with Gasteiger partial charge in [0.2, 0.25) is 0 Å². The van der Waals surface area contributed by atoms with E-state index in [1.807, 2.05) is 6.92 Å². The Bertz CT molecular complexity index is 756. The molecule has 2 N–H and O–H groups in total. The van der Waals surface area contributed by atoms with Crippen molar-refractivity contribution in [2.45, 2.75) is 26.3 Å². The number of carbonyl (C=O) groups is 1. The van der Waals surface area contributed by atoms with Gasteiger partial charge in [-0.25, -0.2) is 13.6 Å². The van der Waals surface area contributed by atoms with Crippen molar-refractivity contribution in [3.05, 3.63) is 47.8 Å². The molecule has 0 saturated heterocycles. The molecule has 2 rings (SSSR count). The van der Waals surface area contributed by atoms with Gasteiger partial charge in [-0.3, -0.25) is 4.98 Å². The number of amides is 2. The fourth-order valence-corrected chi connectivity index (χ4v) is 2.35. The molecule has 0 aliphatic heterocycles. The number of urea groups is 1. The van der Waals surface area contributed by atoms with Crippen LogP contribution in [0.25, 0.3) is 0 Å². The highest BCUT2D eigenvalue weighted by molar-refractivity contribution is 5.89. The first-order valence-corrected chi connectivity index (χ1v) is 7.97. The molecule has 0 fully saturated rings. The quantitative estimate of drug-likeness (QED) is 0.780. The average Bonchev–Trinajstić information content (AvgIpc) is 2.61. The number of carbonyl (C=O) groups excluding carboxylic acids is 1. The lowest BCUT2D eigenvalue weighted by Gasteiger charge is -2.18. The number of benzene rings is 1. The second kappa shape index (κ2) is 8.98. The Morgan fingerprint density at radius 1 is 1.27 bits per heavy atom. The lowest BCUT2D eigenvalue weighted by atomic mass is 10.1. The van der Waals surface area contributed by atoms with Crippen molar-refractivity contribution < 1.29 is 23.0 Å². The summed E-state index contributed by atoms with van der Waals surface area (Å²) in [5, 5.41) is 5.45. The highest BCUT2D eigenvalue weighted by Gasteiger charge is 2.14. The maximum Gasteiger partial charge on any atom is 0.319 e. The van der Waals surface area contributed by atoms with Gasteiger partial charge in [-0.15, -0.1) is 0 Å². The van der Waals surface area contributed by atoms with Crippen molar-refractivity contribution >= 4 is 11.7 Å². The molecule has 0 unspecified atom stereocenters. The minimum Gasteiger partial charge on any atom is -0.495 e. The van der Waals surface area contributed by atoms with E-state index in [2.05, 4.69) is 15.6 Å². The molecule has 1 aromatic carbocycles. The van der Waals surface area contributed by atoms with Crippen LogP contribution in [0.5, 0.6) is 11.5 Å². The number of aromatic nitrogens is 1. The largest absolute Gasteiger partial charge is 0.495 e. The number of ether oxygens (including phenoxy) is 2. The van der Waals surface area contributed by atoms with Crippen LogP contribution < -0.4 is 20.1 Å². The van der Waals surface area contributed by atoms with Crippen molar-refractivity contribution in [2.75, 3.05) is 19.0 Å². The molecule has 140 valence electrons. The molecule has 0 spiro atoms. The van der Waals surface area contributed by atoms with Gasteiger partial charge in [-0.1, -0.05) is 6.07 Å². The Labute approximate surface area is 150 Å². The fourth-order valence-electron chi connectivity index (χ4n) is 2.35. The van der Waals surface area contributed by atoms with Crippen molar-refractivity contribution in [2.24, 2.45) is 0 Å². The zero-order chi connectivity index (χ0) is 19.1. The standard InChI is InChI=1S/C18H21F2N3O3/c1-11-4-5-13(8-15(11)26-10-17(19)20)23-18(24)22-12(2)14-6-7-21-9-16(14)25-3/h4-9,12,17H,10H2,1-3H3,(H2,22,23,24)/t12-/m1/s1. The smallest absolute Gasteiger partial charge is 0.319 e. The van der Waals surface area contributed by atoms with Crippen molar-refractivity contribution in [3.8, 4) is 11.5 Å². The molecule has 1 heterocycles. The molecule has 0 bridgehead atoms. The van der Waals surface area contributed by atoms with E-state index < -0.39 is 19.1 Å². The Morgan fingerprint density at radius 2 is 2.04 bits per heavy atom. The van der Waals surface area contributed by atoms with E-state index >= 15 is 0 Å². The number of aryl methyl sites for hydroxylation is 1. The number of pyridine rings is 1. The van der Waals surface area contributed by atoms with Crippen LogP contribution in [0.2, 0.25) is 0 Å². The first-order valence-electron chi connectivity index (χ1n) is 7.97. The van der Waals surface area contributed by atoms with Gasteiger partial charge in [-0.05, 0) is 31.5 Å². The van der Waals surface area contributed by atoms with Crippen LogP contribution in [0.15, 0.2) is 36.7 Å². The molecule has 0 radical (unpaired) electrons. The Balaban J connectivity index is 2.02. The minimum absolute atomic E-state index is 0.298. The molecule has 2 amide bonds. The van der Waals surface area contributed by atoms with Crippen LogP contribution in [0.1, 0.15) is 24.1 Å². The molecule has 1 atom stereocenters. The maximum atomic E-state index is 12.3. The number of nitrogens with one attached hydrogen (secondary N) is 2. The van der Waals surface area contributed by atoms with E-state index in [1.165, 1.54) is 13.2 Å². The van der Waals surface area contributed by atoms with Crippen molar-refractivity contribution in [3.63, 3.8) is 0 Å². The second-order valence-electron chi connectivity index (χ2n) is 5.62. The normalized spacial score (nSPS) is 11.8. The zero-order valence-electron chi connectivity index (χ0n) is 14.8. The third kappa shape index (κ3) is 5.30. The van der Waals surface area contributed by atoms with E-state index in [0.717, 1.165) is 5.56 Å². The summed E-state index contributed by atoms with van der Waals surface area (Å²) in [5.41, 5.74) is 1.92. The van der Waals surface area contributed by atoms with E-state index in [-0.39, 0.29) is 6.04 Å². The molecular weight excluding hydrogens is 344 g/mol.